The lowest BCUT2D eigenvalue weighted by atomic mass is 10.2. The number of methoxy groups -OCH3 is 1. The van der Waals surface area contributed by atoms with Crippen molar-refractivity contribution < 1.29 is 4.74 Å². The summed E-state index contributed by atoms with van der Waals surface area (Å²) in [6.45, 7) is 2.17. The van der Waals surface area contributed by atoms with Gasteiger partial charge in [0.2, 0.25) is 0 Å². The SMILES string of the molecule is COc1ccc(-c2csc(N3CCSCC3)n2)cc1Cl. The Labute approximate surface area is 131 Å². The van der Waals surface area contributed by atoms with E-state index in [1.807, 2.05) is 30.0 Å². The van der Waals surface area contributed by atoms with Crippen molar-refractivity contribution in [2.75, 3.05) is 36.6 Å². The molecule has 20 heavy (non-hydrogen) atoms. The third-order valence-corrected chi connectivity index (χ3v) is 5.36. The highest BCUT2D eigenvalue weighted by molar-refractivity contribution is 7.99. The number of hydrogen-bond acceptors (Lipinski definition) is 5. The number of nitrogens with zero attached hydrogens (tertiary/aromatic N) is 2. The summed E-state index contributed by atoms with van der Waals surface area (Å²) in [4.78, 5) is 7.09. The number of ether oxygens (including phenoxy) is 1. The molecule has 1 aliphatic heterocycles. The average molecular weight is 327 g/mol. The van der Waals surface area contributed by atoms with Gasteiger partial charge in [0, 0.05) is 35.5 Å². The highest BCUT2D eigenvalue weighted by atomic mass is 35.5. The van der Waals surface area contributed by atoms with Crippen LogP contribution in [-0.4, -0.2) is 36.7 Å². The lowest BCUT2D eigenvalue weighted by Crippen LogP contribution is -2.32. The Bertz CT molecular complexity index is 597. The molecule has 3 rings (SSSR count). The predicted molar refractivity (Wildman–Crippen MR) is 88.7 cm³/mol. The summed E-state index contributed by atoms with van der Waals surface area (Å²) < 4.78 is 5.18. The van der Waals surface area contributed by atoms with E-state index in [0.717, 1.165) is 29.5 Å². The van der Waals surface area contributed by atoms with Crippen molar-refractivity contribution in [2.24, 2.45) is 0 Å². The van der Waals surface area contributed by atoms with Crippen LogP contribution in [0, 0.1) is 0 Å². The van der Waals surface area contributed by atoms with Crippen molar-refractivity contribution >= 4 is 39.8 Å². The van der Waals surface area contributed by atoms with Crippen LogP contribution in [0.5, 0.6) is 5.75 Å². The minimum Gasteiger partial charge on any atom is -0.495 e. The fourth-order valence-corrected chi connectivity index (χ4v) is 4.17. The highest BCUT2D eigenvalue weighted by Crippen LogP contribution is 2.33. The molecule has 1 aromatic carbocycles. The minimum atomic E-state index is 0.619. The monoisotopic (exact) mass is 326 g/mol. The Morgan fingerprint density at radius 1 is 1.30 bits per heavy atom. The van der Waals surface area contributed by atoms with E-state index in [9.17, 15) is 0 Å². The fourth-order valence-electron chi connectivity index (χ4n) is 2.12. The molecule has 3 nitrogen and oxygen atoms in total. The topological polar surface area (TPSA) is 25.4 Å². The van der Waals surface area contributed by atoms with Gasteiger partial charge < -0.3 is 9.64 Å². The molecule has 2 aromatic rings. The normalized spacial score (nSPS) is 15.4. The summed E-state index contributed by atoms with van der Waals surface area (Å²) >= 11 is 9.88. The van der Waals surface area contributed by atoms with E-state index in [1.165, 1.54) is 11.5 Å². The second-order valence-electron chi connectivity index (χ2n) is 4.46. The quantitative estimate of drug-likeness (QED) is 0.850. The molecule has 0 atom stereocenters. The Hall–Kier alpha value is -0.910. The number of rotatable bonds is 3. The molecule has 1 fully saturated rings. The number of anilines is 1. The van der Waals surface area contributed by atoms with Gasteiger partial charge in [0.15, 0.2) is 5.13 Å². The second-order valence-corrected chi connectivity index (χ2v) is 6.93. The maximum atomic E-state index is 6.17. The molecule has 1 saturated heterocycles. The van der Waals surface area contributed by atoms with Gasteiger partial charge in [-0.05, 0) is 18.2 Å². The summed E-state index contributed by atoms with van der Waals surface area (Å²) in [7, 11) is 1.62. The Kier molecular flexibility index (Phi) is 4.38. The van der Waals surface area contributed by atoms with E-state index in [4.69, 9.17) is 21.3 Å². The van der Waals surface area contributed by atoms with E-state index in [1.54, 1.807) is 18.4 Å². The van der Waals surface area contributed by atoms with Gasteiger partial charge in [0.25, 0.3) is 0 Å². The van der Waals surface area contributed by atoms with Gasteiger partial charge in [-0.2, -0.15) is 11.8 Å². The van der Waals surface area contributed by atoms with Crippen molar-refractivity contribution in [3.63, 3.8) is 0 Å². The summed E-state index contributed by atoms with van der Waals surface area (Å²) in [5.41, 5.74) is 2.01. The molecule has 2 heterocycles. The standard InChI is InChI=1S/C14H15ClN2OS2/c1-18-13-3-2-10(8-11(13)15)12-9-20-14(16-12)17-4-6-19-7-5-17/h2-3,8-9H,4-7H2,1H3. The van der Waals surface area contributed by atoms with Gasteiger partial charge >= 0.3 is 0 Å². The summed E-state index contributed by atoms with van der Waals surface area (Å²) in [5.74, 6) is 3.06. The molecule has 0 radical (unpaired) electrons. The number of benzene rings is 1. The maximum Gasteiger partial charge on any atom is 0.185 e. The van der Waals surface area contributed by atoms with Crippen LogP contribution in [0.1, 0.15) is 0 Å². The van der Waals surface area contributed by atoms with Crippen LogP contribution >= 0.6 is 34.7 Å². The van der Waals surface area contributed by atoms with Crippen molar-refractivity contribution in [1.82, 2.24) is 4.98 Å². The Morgan fingerprint density at radius 3 is 2.80 bits per heavy atom. The molecule has 0 aliphatic carbocycles. The van der Waals surface area contributed by atoms with Gasteiger partial charge in [-0.15, -0.1) is 11.3 Å². The molecule has 106 valence electrons. The Balaban J connectivity index is 1.84. The molecule has 1 aliphatic rings. The molecule has 0 bridgehead atoms. The van der Waals surface area contributed by atoms with Gasteiger partial charge in [-0.1, -0.05) is 11.6 Å². The van der Waals surface area contributed by atoms with Gasteiger partial charge in [0.1, 0.15) is 5.75 Å². The minimum absolute atomic E-state index is 0.619. The van der Waals surface area contributed by atoms with E-state index in [-0.39, 0.29) is 0 Å². The first-order valence-electron chi connectivity index (χ1n) is 6.40. The average Bonchev–Trinajstić information content (AvgIpc) is 2.98. The first-order valence-corrected chi connectivity index (χ1v) is 8.81. The molecule has 1 aromatic heterocycles. The van der Waals surface area contributed by atoms with Crippen LogP contribution in [0.2, 0.25) is 5.02 Å². The molecular formula is C14H15ClN2OS2. The molecule has 0 unspecified atom stereocenters. The van der Waals surface area contributed by atoms with Crippen LogP contribution in [0.4, 0.5) is 5.13 Å². The lowest BCUT2D eigenvalue weighted by Gasteiger charge is -2.25. The first-order chi connectivity index (χ1) is 9.78. The zero-order chi connectivity index (χ0) is 13.9. The summed E-state index contributed by atoms with van der Waals surface area (Å²) in [6.07, 6.45) is 0. The van der Waals surface area contributed by atoms with Gasteiger partial charge in [0.05, 0.1) is 17.8 Å². The Morgan fingerprint density at radius 2 is 2.10 bits per heavy atom. The van der Waals surface area contributed by atoms with Crippen molar-refractivity contribution in [2.45, 2.75) is 0 Å². The van der Waals surface area contributed by atoms with Crippen LogP contribution in [0.25, 0.3) is 11.3 Å². The van der Waals surface area contributed by atoms with Crippen molar-refractivity contribution in [3.05, 3.63) is 28.6 Å². The van der Waals surface area contributed by atoms with Crippen LogP contribution < -0.4 is 9.64 Å². The van der Waals surface area contributed by atoms with E-state index < -0.39 is 0 Å². The molecular weight excluding hydrogens is 312 g/mol. The fraction of sp³-hybridized carbons (Fsp3) is 0.357. The lowest BCUT2D eigenvalue weighted by molar-refractivity contribution is 0.415. The maximum absolute atomic E-state index is 6.17. The van der Waals surface area contributed by atoms with Crippen molar-refractivity contribution in [1.29, 1.82) is 0 Å². The number of thiazole rings is 1. The third-order valence-electron chi connectivity index (χ3n) is 3.22. The van der Waals surface area contributed by atoms with E-state index in [2.05, 4.69) is 10.3 Å². The predicted octanol–water partition coefficient (Wildman–Crippen LogP) is 4.03. The number of aromatic nitrogens is 1. The number of hydrogen-bond donors (Lipinski definition) is 0. The van der Waals surface area contributed by atoms with Crippen molar-refractivity contribution in [3.8, 4) is 17.0 Å². The van der Waals surface area contributed by atoms with E-state index in [0.29, 0.717) is 10.8 Å². The summed E-state index contributed by atoms with van der Waals surface area (Å²) in [5, 5.41) is 3.82. The van der Waals surface area contributed by atoms with Gasteiger partial charge in [-0.3, -0.25) is 0 Å². The third kappa shape index (κ3) is 2.90. The number of thioether (sulfide) groups is 1. The summed E-state index contributed by atoms with van der Waals surface area (Å²) in [6, 6.07) is 5.79. The smallest absolute Gasteiger partial charge is 0.185 e. The van der Waals surface area contributed by atoms with Crippen LogP contribution in [0.3, 0.4) is 0 Å². The molecule has 0 spiro atoms. The highest BCUT2D eigenvalue weighted by Gasteiger charge is 2.15. The van der Waals surface area contributed by atoms with Crippen LogP contribution in [0.15, 0.2) is 23.6 Å². The van der Waals surface area contributed by atoms with Crippen LogP contribution in [-0.2, 0) is 0 Å². The zero-order valence-electron chi connectivity index (χ0n) is 11.1. The number of halogens is 1. The largest absolute Gasteiger partial charge is 0.495 e. The molecule has 0 N–H and O–H groups in total. The molecule has 0 saturated carbocycles. The molecule has 6 heteroatoms. The molecule has 0 amide bonds. The second kappa shape index (κ2) is 6.24. The van der Waals surface area contributed by atoms with E-state index >= 15 is 0 Å². The first kappa shape index (κ1) is 14.0. The van der Waals surface area contributed by atoms with Gasteiger partial charge in [-0.25, -0.2) is 4.98 Å². The zero-order valence-corrected chi connectivity index (χ0v) is 13.5.